The lowest BCUT2D eigenvalue weighted by molar-refractivity contribution is -0.145. The maximum absolute atomic E-state index is 13.1. The van der Waals surface area contributed by atoms with Gasteiger partial charge in [-0.25, -0.2) is 0 Å². The first-order valence-electron chi connectivity index (χ1n) is 9.49. The molecule has 1 aromatic carbocycles. The van der Waals surface area contributed by atoms with Gasteiger partial charge < -0.3 is 14.5 Å². The second-order valence-corrected chi connectivity index (χ2v) is 7.12. The summed E-state index contributed by atoms with van der Waals surface area (Å²) in [5.74, 6) is -0.234. The van der Waals surface area contributed by atoms with Crippen LogP contribution in [0.4, 0.5) is 0 Å². The van der Waals surface area contributed by atoms with E-state index in [1.54, 1.807) is 19.5 Å². The van der Waals surface area contributed by atoms with E-state index in [2.05, 4.69) is 9.97 Å². The molecule has 1 aliphatic carbocycles. The molecule has 6 heteroatoms. The number of carbonyl (C=O) groups excluding carboxylic acids is 2. The summed E-state index contributed by atoms with van der Waals surface area (Å²) < 4.78 is 10.4. The molecule has 3 aromatic rings. The van der Waals surface area contributed by atoms with Crippen LogP contribution in [0.25, 0.3) is 11.3 Å². The monoisotopic (exact) mass is 390 g/mol. The first kappa shape index (κ1) is 18.9. The first-order chi connectivity index (χ1) is 14.1. The molecule has 0 spiro atoms. The number of pyridine rings is 1. The third kappa shape index (κ3) is 3.53. The van der Waals surface area contributed by atoms with Gasteiger partial charge in [-0.15, -0.1) is 0 Å². The van der Waals surface area contributed by atoms with Crippen LogP contribution in [0.1, 0.15) is 33.6 Å². The number of nitrogens with zero attached hydrogens (tertiary/aromatic N) is 1. The van der Waals surface area contributed by atoms with Gasteiger partial charge in [0.1, 0.15) is 5.75 Å². The molecule has 0 fully saturated rings. The Morgan fingerprint density at radius 3 is 2.69 bits per heavy atom. The van der Waals surface area contributed by atoms with Gasteiger partial charge in [-0.2, -0.15) is 0 Å². The summed E-state index contributed by atoms with van der Waals surface area (Å²) >= 11 is 0. The highest BCUT2D eigenvalue weighted by Crippen LogP contribution is 2.39. The number of aromatic amines is 1. The normalized spacial score (nSPS) is 15.7. The van der Waals surface area contributed by atoms with E-state index in [1.807, 2.05) is 36.4 Å². The highest BCUT2D eigenvalue weighted by atomic mass is 16.5. The molecule has 0 saturated heterocycles. The van der Waals surface area contributed by atoms with Crippen LogP contribution in [0.2, 0.25) is 0 Å². The van der Waals surface area contributed by atoms with Crippen molar-refractivity contribution in [3.8, 4) is 17.0 Å². The third-order valence-electron chi connectivity index (χ3n) is 5.37. The van der Waals surface area contributed by atoms with Crippen molar-refractivity contribution < 1.29 is 19.1 Å². The fraction of sp³-hybridized carbons (Fsp3) is 0.261. The number of hydrogen-bond donors (Lipinski definition) is 1. The van der Waals surface area contributed by atoms with Crippen LogP contribution >= 0.6 is 0 Å². The molecule has 0 saturated carbocycles. The summed E-state index contributed by atoms with van der Waals surface area (Å²) in [6, 6.07) is 11.9. The Morgan fingerprint density at radius 2 is 1.97 bits per heavy atom. The zero-order valence-electron chi connectivity index (χ0n) is 16.4. The predicted molar refractivity (Wildman–Crippen MR) is 108 cm³/mol. The molecule has 1 atom stereocenters. The Balaban J connectivity index is 1.87. The lowest BCUT2D eigenvalue weighted by Gasteiger charge is -2.19. The minimum absolute atomic E-state index is 0.0388. The van der Waals surface area contributed by atoms with Gasteiger partial charge >= 0.3 is 5.97 Å². The van der Waals surface area contributed by atoms with Crippen molar-refractivity contribution in [3.63, 3.8) is 0 Å². The minimum atomic E-state index is -0.463. The standard InChI is InChI=1S/C23H22N2O4/c1-28-20-13-24-9-8-16(20)22-17(10-14-6-4-3-5-7-14)21-18(25-22)11-15(12-19(21)26)23(27)29-2/h3-9,13,15,25H,10-12H2,1-2H3. The van der Waals surface area contributed by atoms with Gasteiger partial charge in [0, 0.05) is 42.3 Å². The zero-order chi connectivity index (χ0) is 20.4. The quantitative estimate of drug-likeness (QED) is 0.673. The molecule has 1 aliphatic rings. The number of Topliss-reactive ketones (excluding diaryl/α,β-unsaturated/α-hetero) is 1. The van der Waals surface area contributed by atoms with E-state index in [0.29, 0.717) is 24.2 Å². The first-order valence-corrected chi connectivity index (χ1v) is 9.49. The van der Waals surface area contributed by atoms with Gasteiger partial charge in [0.15, 0.2) is 5.78 Å². The number of fused-ring (bicyclic) bond motifs is 1. The summed E-state index contributed by atoms with van der Waals surface area (Å²) in [6.45, 7) is 0. The summed E-state index contributed by atoms with van der Waals surface area (Å²) in [5.41, 5.74) is 5.15. The van der Waals surface area contributed by atoms with Crippen molar-refractivity contribution in [1.82, 2.24) is 9.97 Å². The molecule has 148 valence electrons. The van der Waals surface area contributed by atoms with Crippen LogP contribution in [0, 0.1) is 5.92 Å². The van der Waals surface area contributed by atoms with Crippen LogP contribution in [0.3, 0.4) is 0 Å². The summed E-state index contributed by atoms with van der Waals surface area (Å²) in [4.78, 5) is 32.7. The maximum atomic E-state index is 13.1. The summed E-state index contributed by atoms with van der Waals surface area (Å²) in [5, 5.41) is 0. The van der Waals surface area contributed by atoms with Gasteiger partial charge in [-0.3, -0.25) is 14.6 Å². The maximum Gasteiger partial charge on any atom is 0.309 e. The third-order valence-corrected chi connectivity index (χ3v) is 5.37. The van der Waals surface area contributed by atoms with E-state index < -0.39 is 5.92 Å². The van der Waals surface area contributed by atoms with Crippen LogP contribution < -0.4 is 4.74 Å². The number of ether oxygens (including phenoxy) is 2. The number of esters is 1. The molecular formula is C23H22N2O4. The lowest BCUT2D eigenvalue weighted by Crippen LogP contribution is -2.27. The number of H-pyrrole nitrogens is 1. The van der Waals surface area contributed by atoms with Crippen LogP contribution in [0.5, 0.6) is 5.75 Å². The van der Waals surface area contributed by atoms with E-state index in [1.165, 1.54) is 7.11 Å². The van der Waals surface area contributed by atoms with Crippen molar-refractivity contribution in [2.75, 3.05) is 14.2 Å². The number of methoxy groups -OCH3 is 2. The zero-order valence-corrected chi connectivity index (χ0v) is 16.4. The van der Waals surface area contributed by atoms with Crippen LogP contribution in [-0.4, -0.2) is 35.9 Å². The smallest absolute Gasteiger partial charge is 0.309 e. The number of rotatable bonds is 5. The molecule has 4 rings (SSSR count). The Kier molecular flexibility index (Phi) is 5.16. The molecule has 1 N–H and O–H groups in total. The number of benzene rings is 1. The number of aromatic nitrogens is 2. The molecule has 0 radical (unpaired) electrons. The van der Waals surface area contributed by atoms with Crippen molar-refractivity contribution in [2.24, 2.45) is 5.92 Å². The Labute approximate surface area is 168 Å². The van der Waals surface area contributed by atoms with Gasteiger partial charge in [0.25, 0.3) is 0 Å². The predicted octanol–water partition coefficient (Wildman–Crippen LogP) is 3.59. The van der Waals surface area contributed by atoms with E-state index in [9.17, 15) is 9.59 Å². The van der Waals surface area contributed by atoms with Crippen molar-refractivity contribution in [3.05, 3.63) is 71.2 Å². The lowest BCUT2D eigenvalue weighted by atomic mass is 9.84. The highest BCUT2D eigenvalue weighted by molar-refractivity contribution is 6.04. The van der Waals surface area contributed by atoms with Gasteiger partial charge in [-0.05, 0) is 17.2 Å². The number of carbonyl (C=O) groups is 2. The minimum Gasteiger partial charge on any atom is -0.494 e. The molecule has 29 heavy (non-hydrogen) atoms. The van der Waals surface area contributed by atoms with Crippen molar-refractivity contribution in [2.45, 2.75) is 19.3 Å². The summed E-state index contributed by atoms with van der Waals surface area (Å²) in [7, 11) is 2.95. The van der Waals surface area contributed by atoms with Crippen molar-refractivity contribution >= 4 is 11.8 Å². The molecular weight excluding hydrogens is 368 g/mol. The highest BCUT2D eigenvalue weighted by Gasteiger charge is 2.35. The van der Waals surface area contributed by atoms with Crippen LogP contribution in [0.15, 0.2) is 48.8 Å². The fourth-order valence-corrected chi connectivity index (χ4v) is 4.02. The van der Waals surface area contributed by atoms with E-state index in [-0.39, 0.29) is 18.2 Å². The number of ketones is 1. The molecule has 1 unspecified atom stereocenters. The van der Waals surface area contributed by atoms with Gasteiger partial charge in [0.2, 0.25) is 0 Å². The molecule has 6 nitrogen and oxygen atoms in total. The SMILES string of the molecule is COC(=O)C1CC(=O)c2c([nH]c(-c3ccncc3OC)c2Cc2ccccc2)C1. The Morgan fingerprint density at radius 1 is 1.17 bits per heavy atom. The second kappa shape index (κ2) is 7.91. The molecule has 2 aromatic heterocycles. The van der Waals surface area contributed by atoms with Crippen LogP contribution in [-0.2, 0) is 22.4 Å². The Hall–Kier alpha value is -3.41. The fourth-order valence-electron chi connectivity index (χ4n) is 4.02. The molecule has 2 heterocycles. The number of nitrogens with one attached hydrogen (secondary N) is 1. The Bertz CT molecular complexity index is 1060. The van der Waals surface area contributed by atoms with E-state index >= 15 is 0 Å². The molecule has 0 aliphatic heterocycles. The van der Waals surface area contributed by atoms with E-state index in [0.717, 1.165) is 28.1 Å². The summed E-state index contributed by atoms with van der Waals surface area (Å²) in [6.07, 6.45) is 4.56. The molecule has 0 bridgehead atoms. The average molecular weight is 390 g/mol. The largest absolute Gasteiger partial charge is 0.494 e. The van der Waals surface area contributed by atoms with Gasteiger partial charge in [0.05, 0.1) is 32.0 Å². The topological polar surface area (TPSA) is 81.3 Å². The average Bonchev–Trinajstić information content (AvgIpc) is 3.12. The molecule has 0 amide bonds. The van der Waals surface area contributed by atoms with Crippen molar-refractivity contribution in [1.29, 1.82) is 0 Å². The van der Waals surface area contributed by atoms with Gasteiger partial charge in [-0.1, -0.05) is 30.3 Å². The number of hydrogen-bond acceptors (Lipinski definition) is 5. The second-order valence-electron chi connectivity index (χ2n) is 7.12. The van der Waals surface area contributed by atoms with E-state index in [4.69, 9.17) is 9.47 Å².